The fourth-order valence-electron chi connectivity index (χ4n) is 3.17. The van der Waals surface area contributed by atoms with Crippen LogP contribution in [0.3, 0.4) is 0 Å². The molecule has 0 atom stereocenters. The minimum atomic E-state index is 1.05. The molecule has 0 spiro atoms. The van der Waals surface area contributed by atoms with E-state index in [-0.39, 0.29) is 0 Å². The van der Waals surface area contributed by atoms with E-state index in [1.54, 1.807) is 0 Å². The molecule has 1 aromatic carbocycles. The summed E-state index contributed by atoms with van der Waals surface area (Å²) in [4.78, 5) is 0. The Morgan fingerprint density at radius 1 is 0.880 bits per heavy atom. The van der Waals surface area contributed by atoms with Gasteiger partial charge in [-0.2, -0.15) is 0 Å². The molecule has 0 aliphatic carbocycles. The lowest BCUT2D eigenvalue weighted by Crippen LogP contribution is -2.33. The van der Waals surface area contributed by atoms with Gasteiger partial charge >= 0.3 is 0 Å². The highest BCUT2D eigenvalue weighted by molar-refractivity contribution is 7.98. The number of unbranched alkanes of at least 4 members (excludes halogenated alkanes) is 6. The molecule has 0 bridgehead atoms. The SMILES string of the molecule is CCCCCCSC[n+]1ccn(CCCCCC)c1-c1ccccc1. The summed E-state index contributed by atoms with van der Waals surface area (Å²) in [5.41, 5.74) is 1.33. The lowest BCUT2D eigenvalue weighted by atomic mass is 10.2. The van der Waals surface area contributed by atoms with Crippen LogP contribution >= 0.6 is 11.8 Å². The van der Waals surface area contributed by atoms with Gasteiger partial charge in [-0.1, -0.05) is 64.2 Å². The molecule has 0 saturated carbocycles. The van der Waals surface area contributed by atoms with Gasteiger partial charge in [0.05, 0.1) is 12.1 Å². The van der Waals surface area contributed by atoms with Crippen LogP contribution in [0.25, 0.3) is 11.4 Å². The molecule has 0 aliphatic heterocycles. The maximum Gasteiger partial charge on any atom is 0.289 e. The van der Waals surface area contributed by atoms with Crippen molar-refractivity contribution in [3.8, 4) is 11.4 Å². The molecule has 0 fully saturated rings. The lowest BCUT2D eigenvalue weighted by molar-refractivity contribution is -0.664. The van der Waals surface area contributed by atoms with E-state index in [2.05, 4.69) is 77.5 Å². The Kier molecular flexibility index (Phi) is 9.79. The Labute approximate surface area is 158 Å². The van der Waals surface area contributed by atoms with Crippen LogP contribution in [0.4, 0.5) is 0 Å². The molecule has 0 saturated heterocycles. The van der Waals surface area contributed by atoms with Crippen LogP contribution in [0, 0.1) is 0 Å². The lowest BCUT2D eigenvalue weighted by Gasteiger charge is -2.06. The topological polar surface area (TPSA) is 8.81 Å². The molecule has 0 N–H and O–H groups in total. The van der Waals surface area contributed by atoms with Gasteiger partial charge in [0.1, 0.15) is 18.3 Å². The van der Waals surface area contributed by atoms with Gasteiger partial charge in [-0.25, -0.2) is 9.13 Å². The molecule has 0 amide bonds. The molecule has 1 heterocycles. The Bertz CT molecular complexity index is 577. The van der Waals surface area contributed by atoms with Crippen molar-refractivity contribution < 1.29 is 4.57 Å². The Morgan fingerprint density at radius 3 is 2.32 bits per heavy atom. The third-order valence-corrected chi connectivity index (χ3v) is 5.67. The number of hydrogen-bond acceptors (Lipinski definition) is 1. The summed E-state index contributed by atoms with van der Waals surface area (Å²) in [5, 5.41) is 0. The number of thioether (sulfide) groups is 1. The summed E-state index contributed by atoms with van der Waals surface area (Å²) in [6, 6.07) is 10.9. The summed E-state index contributed by atoms with van der Waals surface area (Å²) >= 11 is 2.06. The van der Waals surface area contributed by atoms with E-state index in [4.69, 9.17) is 0 Å². The minimum Gasteiger partial charge on any atom is -0.230 e. The van der Waals surface area contributed by atoms with E-state index >= 15 is 0 Å². The fourth-order valence-corrected chi connectivity index (χ4v) is 4.12. The number of aryl methyl sites for hydroxylation is 1. The van der Waals surface area contributed by atoms with Crippen molar-refractivity contribution >= 4 is 11.8 Å². The summed E-state index contributed by atoms with van der Waals surface area (Å²) in [5.74, 6) is 3.68. The Hall–Kier alpha value is -1.22. The van der Waals surface area contributed by atoms with Crippen LogP contribution in [0.1, 0.15) is 65.2 Å². The Balaban J connectivity index is 1.99. The van der Waals surface area contributed by atoms with E-state index in [1.807, 2.05) is 0 Å². The van der Waals surface area contributed by atoms with Crippen molar-refractivity contribution in [2.45, 2.75) is 77.6 Å². The van der Waals surface area contributed by atoms with E-state index in [0.29, 0.717) is 0 Å². The van der Waals surface area contributed by atoms with E-state index in [1.165, 1.54) is 68.5 Å². The van der Waals surface area contributed by atoms with Gasteiger partial charge in [-0.05, 0) is 37.1 Å². The molecule has 2 rings (SSSR count). The van der Waals surface area contributed by atoms with Crippen LogP contribution in [0.5, 0.6) is 0 Å². The van der Waals surface area contributed by atoms with Gasteiger partial charge in [-0.3, -0.25) is 0 Å². The Morgan fingerprint density at radius 2 is 1.60 bits per heavy atom. The standard InChI is InChI=1S/C22H35N2S/c1-3-5-7-12-16-23-17-18-24(20-25-19-13-8-6-4-2)22(23)21-14-10-9-11-15-21/h9-11,14-15,17-18H,3-8,12-13,16,19-20H2,1-2H3/q+1. The van der Waals surface area contributed by atoms with Gasteiger partial charge in [0.15, 0.2) is 0 Å². The minimum absolute atomic E-state index is 1.05. The van der Waals surface area contributed by atoms with Gasteiger partial charge in [0, 0.05) is 0 Å². The van der Waals surface area contributed by atoms with Crippen molar-refractivity contribution in [2.24, 2.45) is 0 Å². The van der Waals surface area contributed by atoms with Crippen molar-refractivity contribution in [1.82, 2.24) is 4.57 Å². The second-order valence-electron chi connectivity index (χ2n) is 6.81. The van der Waals surface area contributed by atoms with Crippen LogP contribution in [-0.2, 0) is 12.4 Å². The number of aromatic nitrogens is 2. The monoisotopic (exact) mass is 359 g/mol. The van der Waals surface area contributed by atoms with Crippen LogP contribution in [-0.4, -0.2) is 10.3 Å². The molecule has 138 valence electrons. The first-order valence-electron chi connectivity index (χ1n) is 10.1. The normalized spacial score (nSPS) is 11.1. The molecule has 25 heavy (non-hydrogen) atoms. The van der Waals surface area contributed by atoms with Gasteiger partial charge in [-0.15, -0.1) is 11.8 Å². The first-order chi connectivity index (χ1) is 12.4. The molecule has 3 heteroatoms. The zero-order chi connectivity index (χ0) is 17.7. The maximum absolute atomic E-state index is 2.45. The second kappa shape index (κ2) is 12.2. The highest BCUT2D eigenvalue weighted by atomic mass is 32.2. The maximum atomic E-state index is 2.45. The van der Waals surface area contributed by atoms with E-state index in [9.17, 15) is 0 Å². The molecule has 2 aromatic rings. The molecular formula is C22H35N2S+. The average Bonchev–Trinajstić information content (AvgIpc) is 3.05. The molecule has 1 aromatic heterocycles. The third-order valence-electron chi connectivity index (χ3n) is 4.63. The zero-order valence-electron chi connectivity index (χ0n) is 16.1. The predicted octanol–water partition coefficient (Wildman–Crippen LogP) is 6.29. The largest absolute Gasteiger partial charge is 0.289 e. The van der Waals surface area contributed by atoms with E-state index in [0.717, 1.165) is 12.4 Å². The molecule has 0 radical (unpaired) electrons. The first kappa shape index (κ1) is 20.1. The summed E-state index contributed by atoms with van der Waals surface area (Å²) < 4.78 is 4.88. The molecule has 0 unspecified atom stereocenters. The number of benzene rings is 1. The van der Waals surface area contributed by atoms with Crippen molar-refractivity contribution in [3.05, 3.63) is 42.7 Å². The van der Waals surface area contributed by atoms with Crippen molar-refractivity contribution in [3.63, 3.8) is 0 Å². The molecule has 2 nitrogen and oxygen atoms in total. The van der Waals surface area contributed by atoms with Crippen molar-refractivity contribution in [1.29, 1.82) is 0 Å². The second-order valence-corrected chi connectivity index (χ2v) is 7.88. The van der Waals surface area contributed by atoms with Crippen molar-refractivity contribution in [2.75, 3.05) is 5.75 Å². The first-order valence-corrected chi connectivity index (χ1v) is 11.2. The number of hydrogen-bond donors (Lipinski definition) is 0. The number of rotatable bonds is 13. The van der Waals surface area contributed by atoms with Crippen LogP contribution in [0.15, 0.2) is 42.7 Å². The average molecular weight is 360 g/mol. The van der Waals surface area contributed by atoms with Gasteiger partial charge < -0.3 is 0 Å². The molecular weight excluding hydrogens is 324 g/mol. The summed E-state index contributed by atoms with van der Waals surface area (Å²) in [6.07, 6.45) is 15.2. The zero-order valence-corrected chi connectivity index (χ0v) is 16.9. The third kappa shape index (κ3) is 6.89. The van der Waals surface area contributed by atoms with E-state index < -0.39 is 0 Å². The van der Waals surface area contributed by atoms with Crippen LogP contribution < -0.4 is 4.57 Å². The highest BCUT2D eigenvalue weighted by Gasteiger charge is 2.18. The quantitative estimate of drug-likeness (QED) is 0.301. The summed E-state index contributed by atoms with van der Waals surface area (Å²) in [6.45, 7) is 5.67. The predicted molar refractivity (Wildman–Crippen MR) is 111 cm³/mol. The van der Waals surface area contributed by atoms with Gasteiger partial charge in [0.2, 0.25) is 0 Å². The highest BCUT2D eigenvalue weighted by Crippen LogP contribution is 2.18. The van der Waals surface area contributed by atoms with Gasteiger partial charge in [0.25, 0.3) is 5.82 Å². The fraction of sp³-hybridized carbons (Fsp3) is 0.591. The molecule has 0 aliphatic rings. The number of imidazole rings is 1. The summed E-state index contributed by atoms with van der Waals surface area (Å²) in [7, 11) is 0. The van der Waals surface area contributed by atoms with Crippen LogP contribution in [0.2, 0.25) is 0 Å². The number of nitrogens with zero attached hydrogens (tertiary/aromatic N) is 2. The smallest absolute Gasteiger partial charge is 0.230 e.